The lowest BCUT2D eigenvalue weighted by Gasteiger charge is -2.13. The van der Waals surface area contributed by atoms with Crippen molar-refractivity contribution >= 4 is 15.6 Å². The Morgan fingerprint density at radius 3 is 2.58 bits per heavy atom. The maximum Gasteiger partial charge on any atom is 0.417 e. The number of aromatic nitrogens is 1. The summed E-state index contributed by atoms with van der Waals surface area (Å²) in [6.45, 7) is 0. The second kappa shape index (κ2) is 4.59. The predicted molar refractivity (Wildman–Crippen MR) is 60.3 cm³/mol. The molecule has 1 aromatic rings. The summed E-state index contributed by atoms with van der Waals surface area (Å²) in [4.78, 5) is 15.5. The monoisotopic (exact) mass is 293 g/mol. The molecule has 0 spiro atoms. The number of nitrogens with zero attached hydrogens (tertiary/aromatic N) is 1. The van der Waals surface area contributed by atoms with Gasteiger partial charge in [-0.05, 0) is 12.5 Å². The highest BCUT2D eigenvalue weighted by atomic mass is 32.2. The van der Waals surface area contributed by atoms with Crippen molar-refractivity contribution in [1.82, 2.24) is 4.98 Å². The second-order valence-corrected chi connectivity index (χ2v) is 6.61. The van der Waals surface area contributed by atoms with Gasteiger partial charge in [-0.3, -0.25) is 9.78 Å². The third kappa shape index (κ3) is 2.94. The minimum Gasteiger partial charge on any atom is -0.294 e. The summed E-state index contributed by atoms with van der Waals surface area (Å²) in [5.41, 5.74) is -1.63. The number of hydrogen-bond donors (Lipinski definition) is 0. The highest BCUT2D eigenvalue weighted by Gasteiger charge is 2.39. The van der Waals surface area contributed by atoms with Crippen molar-refractivity contribution in [3.05, 3.63) is 29.6 Å². The van der Waals surface area contributed by atoms with E-state index in [-0.39, 0.29) is 12.2 Å². The van der Waals surface area contributed by atoms with Gasteiger partial charge < -0.3 is 0 Å². The quantitative estimate of drug-likeness (QED) is 0.779. The normalized spacial score (nSPS) is 22.4. The SMILES string of the molecule is O=C(c1cnccc1C(F)(F)F)C1CCS(=O)(=O)C1. The first kappa shape index (κ1) is 14.0. The number of sulfone groups is 1. The van der Waals surface area contributed by atoms with E-state index in [1.54, 1.807) is 0 Å². The Bertz CT molecular complexity index is 610. The summed E-state index contributed by atoms with van der Waals surface area (Å²) in [5, 5.41) is 0. The van der Waals surface area contributed by atoms with E-state index in [1.165, 1.54) is 0 Å². The van der Waals surface area contributed by atoms with Crippen LogP contribution in [0.4, 0.5) is 13.2 Å². The van der Waals surface area contributed by atoms with Crippen molar-refractivity contribution < 1.29 is 26.4 Å². The third-order valence-electron chi connectivity index (χ3n) is 3.00. The van der Waals surface area contributed by atoms with Gasteiger partial charge in [0.05, 0.1) is 17.1 Å². The first-order valence-electron chi connectivity index (χ1n) is 5.46. The van der Waals surface area contributed by atoms with Gasteiger partial charge in [-0.15, -0.1) is 0 Å². The van der Waals surface area contributed by atoms with E-state index < -0.39 is 44.6 Å². The Kier molecular flexibility index (Phi) is 3.38. The summed E-state index contributed by atoms with van der Waals surface area (Å²) in [5.74, 6) is -2.26. The van der Waals surface area contributed by atoms with Crippen molar-refractivity contribution in [3.8, 4) is 0 Å². The molecule has 1 aromatic heterocycles. The molecule has 1 fully saturated rings. The molecular formula is C11H10F3NO3S. The number of halogens is 3. The van der Waals surface area contributed by atoms with Crippen LogP contribution in [0.15, 0.2) is 18.5 Å². The molecular weight excluding hydrogens is 283 g/mol. The van der Waals surface area contributed by atoms with Crippen molar-refractivity contribution in [2.45, 2.75) is 12.6 Å². The van der Waals surface area contributed by atoms with E-state index in [2.05, 4.69) is 4.98 Å². The Labute approximate surface area is 107 Å². The number of carbonyl (C=O) groups excluding carboxylic acids is 1. The lowest BCUT2D eigenvalue weighted by molar-refractivity contribution is -0.138. The second-order valence-electron chi connectivity index (χ2n) is 4.38. The number of rotatable bonds is 2. The van der Waals surface area contributed by atoms with Gasteiger partial charge in [-0.1, -0.05) is 0 Å². The van der Waals surface area contributed by atoms with Crippen LogP contribution in [-0.4, -0.2) is 30.7 Å². The molecule has 1 unspecified atom stereocenters. The summed E-state index contributed by atoms with van der Waals surface area (Å²) in [6, 6.07) is 0.719. The fourth-order valence-electron chi connectivity index (χ4n) is 2.06. The molecule has 0 N–H and O–H groups in total. The van der Waals surface area contributed by atoms with E-state index in [9.17, 15) is 26.4 Å². The fraction of sp³-hybridized carbons (Fsp3) is 0.455. The average molecular weight is 293 g/mol. The first-order valence-corrected chi connectivity index (χ1v) is 7.29. The number of ketones is 1. The zero-order valence-corrected chi connectivity index (χ0v) is 10.5. The minimum absolute atomic E-state index is 0.0629. The molecule has 104 valence electrons. The number of carbonyl (C=O) groups is 1. The highest BCUT2D eigenvalue weighted by Crippen LogP contribution is 2.33. The Balaban J connectivity index is 2.36. The molecule has 2 heterocycles. The molecule has 0 aromatic carbocycles. The van der Waals surface area contributed by atoms with Crippen LogP contribution in [0, 0.1) is 5.92 Å². The minimum atomic E-state index is -4.66. The van der Waals surface area contributed by atoms with Gasteiger partial charge in [-0.2, -0.15) is 13.2 Å². The van der Waals surface area contributed by atoms with E-state index in [0.717, 1.165) is 18.5 Å². The molecule has 0 aliphatic carbocycles. The number of pyridine rings is 1. The van der Waals surface area contributed by atoms with Crippen LogP contribution in [0.3, 0.4) is 0 Å². The van der Waals surface area contributed by atoms with Gasteiger partial charge in [0.25, 0.3) is 0 Å². The van der Waals surface area contributed by atoms with E-state index >= 15 is 0 Å². The molecule has 19 heavy (non-hydrogen) atoms. The standard InChI is InChI=1S/C11H10F3NO3S/c12-11(13,14)9-1-3-15-5-8(9)10(16)7-2-4-19(17,18)6-7/h1,3,5,7H,2,4,6H2. The topological polar surface area (TPSA) is 64.1 Å². The molecule has 1 saturated heterocycles. The van der Waals surface area contributed by atoms with Gasteiger partial charge >= 0.3 is 6.18 Å². The average Bonchev–Trinajstić information content (AvgIpc) is 2.68. The zero-order valence-electron chi connectivity index (χ0n) is 9.64. The van der Waals surface area contributed by atoms with Crippen molar-refractivity contribution in [2.75, 3.05) is 11.5 Å². The van der Waals surface area contributed by atoms with Gasteiger partial charge in [0.1, 0.15) is 0 Å². The van der Waals surface area contributed by atoms with Crippen LogP contribution in [0.2, 0.25) is 0 Å². The van der Waals surface area contributed by atoms with Gasteiger partial charge in [0, 0.05) is 23.9 Å². The van der Waals surface area contributed by atoms with Crippen LogP contribution < -0.4 is 0 Å². The molecule has 0 bridgehead atoms. The third-order valence-corrected chi connectivity index (χ3v) is 4.76. The lowest BCUT2D eigenvalue weighted by Crippen LogP contribution is -2.21. The van der Waals surface area contributed by atoms with Crippen molar-refractivity contribution in [3.63, 3.8) is 0 Å². The Hall–Kier alpha value is -1.44. The molecule has 0 saturated carbocycles. The lowest BCUT2D eigenvalue weighted by atomic mass is 9.95. The molecule has 1 atom stereocenters. The van der Waals surface area contributed by atoms with E-state index in [4.69, 9.17) is 0 Å². The molecule has 2 rings (SSSR count). The van der Waals surface area contributed by atoms with Crippen LogP contribution in [0.5, 0.6) is 0 Å². The van der Waals surface area contributed by atoms with E-state index in [0.29, 0.717) is 0 Å². The van der Waals surface area contributed by atoms with Gasteiger partial charge in [0.2, 0.25) is 0 Å². The maximum absolute atomic E-state index is 12.7. The Morgan fingerprint density at radius 1 is 1.37 bits per heavy atom. The smallest absolute Gasteiger partial charge is 0.294 e. The molecule has 0 amide bonds. The van der Waals surface area contributed by atoms with Crippen LogP contribution >= 0.6 is 0 Å². The summed E-state index contributed by atoms with van der Waals surface area (Å²) in [7, 11) is -3.32. The fourth-order valence-corrected chi connectivity index (χ4v) is 3.80. The number of Topliss-reactive ketones (excluding diaryl/α,β-unsaturated/α-hetero) is 1. The molecule has 0 radical (unpaired) electrons. The summed E-state index contributed by atoms with van der Waals surface area (Å²) >= 11 is 0. The van der Waals surface area contributed by atoms with Gasteiger partial charge in [-0.25, -0.2) is 8.42 Å². The number of alkyl halides is 3. The van der Waals surface area contributed by atoms with Gasteiger partial charge in [0.15, 0.2) is 15.6 Å². The maximum atomic E-state index is 12.7. The van der Waals surface area contributed by atoms with Crippen LogP contribution in [-0.2, 0) is 16.0 Å². The van der Waals surface area contributed by atoms with Crippen LogP contribution in [0.1, 0.15) is 22.3 Å². The first-order chi connectivity index (χ1) is 8.71. The molecule has 4 nitrogen and oxygen atoms in total. The highest BCUT2D eigenvalue weighted by molar-refractivity contribution is 7.91. The van der Waals surface area contributed by atoms with Crippen molar-refractivity contribution in [1.29, 1.82) is 0 Å². The van der Waals surface area contributed by atoms with E-state index in [1.807, 2.05) is 0 Å². The largest absolute Gasteiger partial charge is 0.417 e. The Morgan fingerprint density at radius 2 is 2.05 bits per heavy atom. The molecule has 1 aliphatic rings. The number of hydrogen-bond acceptors (Lipinski definition) is 4. The van der Waals surface area contributed by atoms with Crippen molar-refractivity contribution in [2.24, 2.45) is 5.92 Å². The van der Waals surface area contributed by atoms with Crippen LogP contribution in [0.25, 0.3) is 0 Å². The summed E-state index contributed by atoms with van der Waals surface area (Å²) in [6.07, 6.45) is -2.81. The zero-order chi connectivity index (χ0) is 14.3. The summed E-state index contributed by atoms with van der Waals surface area (Å²) < 4.78 is 60.8. The molecule has 8 heteroatoms. The molecule has 1 aliphatic heterocycles. The predicted octanol–water partition coefficient (Wildman–Crippen LogP) is 1.72.